The standard InChI is InChI=1S/C12H16BrFN2O/c13-7-3-1-2-4-12(17)16-9-10-5-6-11(14)15-8-10/h5-6,8H,1-4,7,9H2,(H,16,17). The summed E-state index contributed by atoms with van der Waals surface area (Å²) < 4.78 is 12.5. The fraction of sp³-hybridized carbons (Fsp3) is 0.500. The minimum atomic E-state index is -0.505. The second-order valence-electron chi connectivity index (χ2n) is 3.77. The van der Waals surface area contributed by atoms with Gasteiger partial charge in [-0.3, -0.25) is 4.79 Å². The zero-order valence-electron chi connectivity index (χ0n) is 9.59. The molecule has 0 bridgehead atoms. The van der Waals surface area contributed by atoms with Crippen molar-refractivity contribution in [3.05, 3.63) is 29.8 Å². The third-order valence-electron chi connectivity index (χ3n) is 2.32. The predicted octanol–water partition coefficient (Wildman–Crippen LogP) is 2.79. The van der Waals surface area contributed by atoms with Gasteiger partial charge in [-0.15, -0.1) is 0 Å². The normalized spacial score (nSPS) is 10.2. The lowest BCUT2D eigenvalue weighted by molar-refractivity contribution is -0.121. The van der Waals surface area contributed by atoms with Crippen LogP contribution in [0.5, 0.6) is 0 Å². The van der Waals surface area contributed by atoms with Gasteiger partial charge < -0.3 is 5.32 Å². The number of amides is 1. The molecule has 0 atom stereocenters. The van der Waals surface area contributed by atoms with E-state index < -0.39 is 5.95 Å². The van der Waals surface area contributed by atoms with Gasteiger partial charge in [0.25, 0.3) is 0 Å². The van der Waals surface area contributed by atoms with Gasteiger partial charge in [-0.1, -0.05) is 28.4 Å². The number of rotatable bonds is 7. The molecule has 0 aromatic carbocycles. The average molecular weight is 303 g/mol. The molecule has 1 N–H and O–H groups in total. The molecule has 0 aliphatic rings. The molecule has 0 fully saturated rings. The minimum absolute atomic E-state index is 0.0314. The van der Waals surface area contributed by atoms with Crippen molar-refractivity contribution < 1.29 is 9.18 Å². The van der Waals surface area contributed by atoms with Crippen molar-refractivity contribution in [2.45, 2.75) is 32.2 Å². The molecule has 3 nitrogen and oxygen atoms in total. The molecule has 0 saturated heterocycles. The Morgan fingerprint density at radius 2 is 2.18 bits per heavy atom. The number of unbranched alkanes of at least 4 members (excludes halogenated alkanes) is 2. The molecule has 0 unspecified atom stereocenters. The van der Waals surface area contributed by atoms with Crippen LogP contribution in [0.15, 0.2) is 18.3 Å². The van der Waals surface area contributed by atoms with E-state index in [-0.39, 0.29) is 5.91 Å². The van der Waals surface area contributed by atoms with Crippen LogP contribution in [0.4, 0.5) is 4.39 Å². The Labute approximate surface area is 109 Å². The highest BCUT2D eigenvalue weighted by Crippen LogP contribution is 2.03. The van der Waals surface area contributed by atoms with E-state index >= 15 is 0 Å². The van der Waals surface area contributed by atoms with Crippen LogP contribution in [-0.2, 0) is 11.3 Å². The van der Waals surface area contributed by atoms with Crippen molar-refractivity contribution in [3.63, 3.8) is 0 Å². The van der Waals surface area contributed by atoms with Crippen molar-refractivity contribution >= 4 is 21.8 Å². The molecular formula is C12H16BrFN2O. The van der Waals surface area contributed by atoms with Gasteiger partial charge in [0.2, 0.25) is 11.9 Å². The molecule has 5 heteroatoms. The van der Waals surface area contributed by atoms with Crippen LogP contribution >= 0.6 is 15.9 Å². The Morgan fingerprint density at radius 1 is 1.35 bits per heavy atom. The number of carbonyl (C=O) groups excluding carboxylic acids is 1. The van der Waals surface area contributed by atoms with Gasteiger partial charge in [0.05, 0.1) is 0 Å². The summed E-state index contributed by atoms with van der Waals surface area (Å²) in [4.78, 5) is 14.9. The lowest BCUT2D eigenvalue weighted by atomic mass is 10.2. The summed E-state index contributed by atoms with van der Waals surface area (Å²) in [5.74, 6) is -0.473. The van der Waals surface area contributed by atoms with Crippen molar-refractivity contribution in [1.29, 1.82) is 0 Å². The molecule has 1 aromatic rings. The van der Waals surface area contributed by atoms with Gasteiger partial charge in [-0.25, -0.2) is 4.98 Å². The average Bonchev–Trinajstić information content (AvgIpc) is 2.34. The smallest absolute Gasteiger partial charge is 0.220 e. The molecule has 0 radical (unpaired) electrons. The number of hydrogen-bond acceptors (Lipinski definition) is 2. The Kier molecular flexibility index (Phi) is 6.77. The Morgan fingerprint density at radius 3 is 2.82 bits per heavy atom. The van der Waals surface area contributed by atoms with Gasteiger partial charge in [0.1, 0.15) is 0 Å². The molecule has 0 aliphatic heterocycles. The monoisotopic (exact) mass is 302 g/mol. The van der Waals surface area contributed by atoms with Gasteiger partial charge in [-0.2, -0.15) is 4.39 Å². The number of pyridine rings is 1. The molecular weight excluding hydrogens is 287 g/mol. The fourth-order valence-electron chi connectivity index (χ4n) is 1.36. The number of alkyl halides is 1. The first-order valence-corrected chi connectivity index (χ1v) is 6.77. The molecule has 1 amide bonds. The van der Waals surface area contributed by atoms with Crippen LogP contribution in [0, 0.1) is 5.95 Å². The van der Waals surface area contributed by atoms with Gasteiger partial charge in [-0.05, 0) is 24.5 Å². The number of carbonyl (C=O) groups is 1. The van der Waals surface area contributed by atoms with Gasteiger partial charge in [0, 0.05) is 24.5 Å². The highest BCUT2D eigenvalue weighted by Gasteiger charge is 2.01. The number of nitrogens with one attached hydrogen (secondary N) is 1. The van der Waals surface area contributed by atoms with Crippen LogP contribution in [0.1, 0.15) is 31.2 Å². The van der Waals surface area contributed by atoms with E-state index in [1.165, 1.54) is 12.3 Å². The number of nitrogens with zero attached hydrogens (tertiary/aromatic N) is 1. The zero-order valence-corrected chi connectivity index (χ0v) is 11.2. The first kappa shape index (κ1) is 14.1. The van der Waals surface area contributed by atoms with E-state index in [1.54, 1.807) is 6.07 Å². The second kappa shape index (κ2) is 8.17. The molecule has 1 heterocycles. The highest BCUT2D eigenvalue weighted by atomic mass is 79.9. The maximum Gasteiger partial charge on any atom is 0.220 e. The molecule has 0 spiro atoms. The molecule has 0 saturated carbocycles. The second-order valence-corrected chi connectivity index (χ2v) is 4.56. The van der Waals surface area contributed by atoms with E-state index in [9.17, 15) is 9.18 Å². The molecule has 1 rings (SSSR count). The quantitative estimate of drug-likeness (QED) is 0.478. The third kappa shape index (κ3) is 6.36. The van der Waals surface area contributed by atoms with E-state index in [0.717, 1.165) is 30.2 Å². The van der Waals surface area contributed by atoms with Gasteiger partial charge >= 0.3 is 0 Å². The van der Waals surface area contributed by atoms with Crippen molar-refractivity contribution in [2.75, 3.05) is 5.33 Å². The van der Waals surface area contributed by atoms with Crippen molar-refractivity contribution in [1.82, 2.24) is 10.3 Å². The Hall–Kier alpha value is -0.970. The Bertz CT molecular complexity index is 343. The summed E-state index contributed by atoms with van der Waals surface area (Å²) in [6.07, 6.45) is 5.02. The van der Waals surface area contributed by atoms with Crippen LogP contribution in [0.25, 0.3) is 0 Å². The van der Waals surface area contributed by atoms with E-state index in [0.29, 0.717) is 13.0 Å². The van der Waals surface area contributed by atoms with Gasteiger partial charge in [0.15, 0.2) is 0 Å². The SMILES string of the molecule is O=C(CCCCCBr)NCc1ccc(F)nc1. The molecule has 0 aliphatic carbocycles. The largest absolute Gasteiger partial charge is 0.352 e. The summed E-state index contributed by atoms with van der Waals surface area (Å²) in [5.41, 5.74) is 0.806. The minimum Gasteiger partial charge on any atom is -0.352 e. The summed E-state index contributed by atoms with van der Waals surface area (Å²) in [6.45, 7) is 0.407. The van der Waals surface area contributed by atoms with Crippen molar-refractivity contribution in [2.24, 2.45) is 0 Å². The lowest BCUT2D eigenvalue weighted by Gasteiger charge is -2.04. The lowest BCUT2D eigenvalue weighted by Crippen LogP contribution is -2.22. The van der Waals surface area contributed by atoms with E-state index in [1.807, 2.05) is 0 Å². The Balaban J connectivity index is 2.17. The number of halogens is 2. The van der Waals surface area contributed by atoms with Crippen LogP contribution in [-0.4, -0.2) is 16.2 Å². The number of hydrogen-bond donors (Lipinski definition) is 1. The first-order chi connectivity index (χ1) is 8.22. The van der Waals surface area contributed by atoms with E-state index in [4.69, 9.17) is 0 Å². The third-order valence-corrected chi connectivity index (χ3v) is 2.88. The zero-order chi connectivity index (χ0) is 12.5. The molecule has 1 aromatic heterocycles. The first-order valence-electron chi connectivity index (χ1n) is 5.65. The summed E-state index contributed by atoms with van der Waals surface area (Å²) in [5, 5.41) is 3.76. The van der Waals surface area contributed by atoms with E-state index in [2.05, 4.69) is 26.2 Å². The molecule has 94 valence electrons. The highest BCUT2D eigenvalue weighted by molar-refractivity contribution is 9.09. The summed E-state index contributed by atoms with van der Waals surface area (Å²) in [6, 6.07) is 2.91. The topological polar surface area (TPSA) is 42.0 Å². The molecule has 17 heavy (non-hydrogen) atoms. The number of aromatic nitrogens is 1. The summed E-state index contributed by atoms with van der Waals surface area (Å²) in [7, 11) is 0. The van der Waals surface area contributed by atoms with Crippen LogP contribution in [0.2, 0.25) is 0 Å². The summed E-state index contributed by atoms with van der Waals surface area (Å²) >= 11 is 3.35. The maximum atomic E-state index is 12.5. The fourth-order valence-corrected chi connectivity index (χ4v) is 1.75. The van der Waals surface area contributed by atoms with Crippen molar-refractivity contribution in [3.8, 4) is 0 Å². The predicted molar refractivity (Wildman–Crippen MR) is 68.3 cm³/mol. The van der Waals surface area contributed by atoms with Crippen LogP contribution < -0.4 is 5.32 Å². The maximum absolute atomic E-state index is 12.5. The van der Waals surface area contributed by atoms with Crippen LogP contribution in [0.3, 0.4) is 0 Å².